The molecule has 0 saturated carbocycles. The summed E-state index contributed by atoms with van der Waals surface area (Å²) in [5.74, 6) is -0.0510. The highest BCUT2D eigenvalue weighted by Crippen LogP contribution is 2.29. The molecule has 0 aromatic heterocycles. The van der Waals surface area contributed by atoms with Gasteiger partial charge in [-0.2, -0.15) is 0 Å². The Labute approximate surface area is 179 Å². The summed E-state index contributed by atoms with van der Waals surface area (Å²) in [7, 11) is 0. The molecule has 1 atom stereocenters. The monoisotopic (exact) mass is 414 g/mol. The van der Waals surface area contributed by atoms with Crippen molar-refractivity contribution in [2.75, 3.05) is 57.3 Å². The van der Waals surface area contributed by atoms with Gasteiger partial charge in [0.25, 0.3) is 0 Å². The number of carbonyl (C=O) groups is 3. The molecular weight excluding hydrogens is 380 g/mol. The average molecular weight is 415 g/mol. The first-order chi connectivity index (χ1) is 14.5. The van der Waals surface area contributed by atoms with E-state index >= 15 is 0 Å². The van der Waals surface area contributed by atoms with Crippen molar-refractivity contribution in [2.45, 2.75) is 33.6 Å². The maximum absolute atomic E-state index is 13.1. The van der Waals surface area contributed by atoms with Gasteiger partial charge in [0.2, 0.25) is 17.7 Å². The molecule has 30 heavy (non-hydrogen) atoms. The summed E-state index contributed by atoms with van der Waals surface area (Å²) in [4.78, 5) is 45.6. The molecular formula is C23H34N4O3. The van der Waals surface area contributed by atoms with E-state index < -0.39 is 0 Å². The molecule has 0 bridgehead atoms. The van der Waals surface area contributed by atoms with Crippen molar-refractivity contribution in [3.8, 4) is 0 Å². The molecule has 2 aliphatic rings. The highest BCUT2D eigenvalue weighted by molar-refractivity contribution is 6.00. The van der Waals surface area contributed by atoms with E-state index in [4.69, 9.17) is 0 Å². The molecule has 3 amide bonds. The summed E-state index contributed by atoms with van der Waals surface area (Å²) < 4.78 is 0. The number of amides is 3. The molecule has 1 unspecified atom stereocenters. The van der Waals surface area contributed by atoms with Gasteiger partial charge in [-0.15, -0.1) is 0 Å². The minimum atomic E-state index is -0.286. The Balaban J connectivity index is 1.54. The zero-order chi connectivity index (χ0) is 21.7. The number of benzene rings is 1. The smallest absolute Gasteiger partial charge is 0.236 e. The molecule has 3 rings (SSSR count). The van der Waals surface area contributed by atoms with E-state index in [1.807, 2.05) is 47.9 Å². The van der Waals surface area contributed by atoms with E-state index in [2.05, 4.69) is 11.8 Å². The molecule has 164 valence electrons. The maximum Gasteiger partial charge on any atom is 0.236 e. The summed E-state index contributed by atoms with van der Waals surface area (Å²) in [5.41, 5.74) is 2.06. The zero-order valence-electron chi connectivity index (χ0n) is 18.5. The van der Waals surface area contributed by atoms with E-state index in [-0.39, 0.29) is 30.1 Å². The highest BCUT2D eigenvalue weighted by Gasteiger charge is 2.38. The second kappa shape index (κ2) is 10.1. The summed E-state index contributed by atoms with van der Waals surface area (Å²) in [6.07, 6.45) is 1.13. The number of anilines is 1. The Bertz CT molecular complexity index is 769. The Hall–Kier alpha value is -2.41. The standard InChI is InChI=1S/C23H34N4O3/c1-4-18-9-7-8-10-20(18)27-16-19(15-21(27)28)23(30)26-13-11-24(12-14-26)17-22(29)25(5-2)6-3/h7-10,19H,4-6,11-17H2,1-3H3. The summed E-state index contributed by atoms with van der Waals surface area (Å²) >= 11 is 0. The number of aryl methyl sites for hydroxylation is 1. The zero-order valence-corrected chi connectivity index (χ0v) is 18.5. The number of carbonyl (C=O) groups excluding carboxylic acids is 3. The molecule has 0 N–H and O–H groups in total. The first kappa shape index (κ1) is 22.3. The van der Waals surface area contributed by atoms with Crippen LogP contribution in [0.25, 0.3) is 0 Å². The van der Waals surface area contributed by atoms with Gasteiger partial charge in [0.05, 0.1) is 12.5 Å². The molecule has 0 spiro atoms. The lowest BCUT2D eigenvalue weighted by Gasteiger charge is -2.36. The van der Waals surface area contributed by atoms with Crippen LogP contribution < -0.4 is 4.90 Å². The number of hydrogen-bond acceptors (Lipinski definition) is 4. The lowest BCUT2D eigenvalue weighted by Crippen LogP contribution is -2.52. The fraction of sp³-hybridized carbons (Fsp3) is 0.609. The van der Waals surface area contributed by atoms with Crippen LogP contribution in [0.5, 0.6) is 0 Å². The molecule has 0 radical (unpaired) electrons. The Morgan fingerprint density at radius 3 is 2.33 bits per heavy atom. The second-order valence-corrected chi connectivity index (χ2v) is 8.06. The van der Waals surface area contributed by atoms with Gasteiger partial charge in [0, 0.05) is 57.9 Å². The van der Waals surface area contributed by atoms with Crippen LogP contribution in [0.2, 0.25) is 0 Å². The molecule has 1 aromatic rings. The van der Waals surface area contributed by atoms with Gasteiger partial charge in [0.1, 0.15) is 0 Å². The molecule has 1 aromatic carbocycles. The van der Waals surface area contributed by atoms with Crippen molar-refractivity contribution in [3.05, 3.63) is 29.8 Å². The largest absolute Gasteiger partial charge is 0.342 e. The van der Waals surface area contributed by atoms with Gasteiger partial charge in [-0.25, -0.2) is 0 Å². The van der Waals surface area contributed by atoms with Crippen molar-refractivity contribution in [3.63, 3.8) is 0 Å². The van der Waals surface area contributed by atoms with E-state index in [1.165, 1.54) is 0 Å². The van der Waals surface area contributed by atoms with Crippen molar-refractivity contribution < 1.29 is 14.4 Å². The lowest BCUT2D eigenvalue weighted by atomic mass is 10.1. The predicted molar refractivity (Wildman–Crippen MR) is 117 cm³/mol. The van der Waals surface area contributed by atoms with E-state index in [1.54, 1.807) is 4.90 Å². The van der Waals surface area contributed by atoms with Crippen LogP contribution in [0.4, 0.5) is 5.69 Å². The molecule has 2 saturated heterocycles. The van der Waals surface area contributed by atoms with E-state index in [9.17, 15) is 14.4 Å². The van der Waals surface area contributed by atoms with Crippen LogP contribution in [0, 0.1) is 5.92 Å². The van der Waals surface area contributed by atoms with Crippen LogP contribution in [-0.4, -0.2) is 84.8 Å². The molecule has 2 heterocycles. The Kier molecular flexibility index (Phi) is 7.48. The Morgan fingerprint density at radius 1 is 1.03 bits per heavy atom. The third-order valence-corrected chi connectivity index (χ3v) is 6.30. The number of likely N-dealkylation sites (N-methyl/N-ethyl adjacent to an activating group) is 1. The fourth-order valence-electron chi connectivity index (χ4n) is 4.43. The minimum absolute atomic E-state index is 0.0257. The van der Waals surface area contributed by atoms with Gasteiger partial charge >= 0.3 is 0 Å². The van der Waals surface area contributed by atoms with Crippen LogP contribution in [-0.2, 0) is 20.8 Å². The number of rotatable bonds is 7. The van der Waals surface area contributed by atoms with Crippen LogP contribution >= 0.6 is 0 Å². The van der Waals surface area contributed by atoms with Crippen LogP contribution in [0.3, 0.4) is 0 Å². The summed E-state index contributed by atoms with van der Waals surface area (Å²) in [5, 5.41) is 0. The van der Waals surface area contributed by atoms with Gasteiger partial charge < -0.3 is 14.7 Å². The summed E-state index contributed by atoms with van der Waals surface area (Å²) in [6, 6.07) is 7.93. The van der Waals surface area contributed by atoms with Crippen molar-refractivity contribution in [1.82, 2.24) is 14.7 Å². The van der Waals surface area contributed by atoms with Crippen LogP contribution in [0.1, 0.15) is 32.8 Å². The molecule has 2 fully saturated rings. The highest BCUT2D eigenvalue weighted by atomic mass is 16.2. The summed E-state index contributed by atoms with van der Waals surface area (Å²) in [6.45, 7) is 11.0. The molecule has 2 aliphatic heterocycles. The number of para-hydroxylation sites is 1. The van der Waals surface area contributed by atoms with Crippen molar-refractivity contribution in [1.29, 1.82) is 0 Å². The SMILES string of the molecule is CCc1ccccc1N1CC(C(=O)N2CCN(CC(=O)N(CC)CC)CC2)CC1=O. The number of piperazine rings is 1. The fourth-order valence-corrected chi connectivity index (χ4v) is 4.43. The average Bonchev–Trinajstić information content (AvgIpc) is 3.16. The number of hydrogen-bond donors (Lipinski definition) is 0. The first-order valence-electron chi connectivity index (χ1n) is 11.2. The molecule has 7 nitrogen and oxygen atoms in total. The predicted octanol–water partition coefficient (Wildman–Crippen LogP) is 1.61. The maximum atomic E-state index is 13.1. The quantitative estimate of drug-likeness (QED) is 0.680. The molecule has 7 heteroatoms. The molecule has 0 aliphatic carbocycles. The topological polar surface area (TPSA) is 64.2 Å². The van der Waals surface area contributed by atoms with Gasteiger partial charge in [-0.05, 0) is 31.9 Å². The van der Waals surface area contributed by atoms with Gasteiger partial charge in [-0.3, -0.25) is 19.3 Å². The third-order valence-electron chi connectivity index (χ3n) is 6.30. The third kappa shape index (κ3) is 4.83. The van der Waals surface area contributed by atoms with Gasteiger partial charge in [-0.1, -0.05) is 25.1 Å². The number of nitrogens with zero attached hydrogens (tertiary/aromatic N) is 4. The van der Waals surface area contributed by atoms with E-state index in [0.717, 1.165) is 30.8 Å². The van der Waals surface area contributed by atoms with Gasteiger partial charge in [0.15, 0.2) is 0 Å². The second-order valence-electron chi connectivity index (χ2n) is 8.06. The lowest BCUT2D eigenvalue weighted by molar-refractivity contribution is -0.138. The van der Waals surface area contributed by atoms with Crippen molar-refractivity contribution >= 4 is 23.4 Å². The minimum Gasteiger partial charge on any atom is -0.342 e. The van der Waals surface area contributed by atoms with E-state index in [0.29, 0.717) is 39.3 Å². The normalized spacial score (nSPS) is 20.0. The Morgan fingerprint density at radius 2 is 1.70 bits per heavy atom. The van der Waals surface area contributed by atoms with Crippen molar-refractivity contribution in [2.24, 2.45) is 5.92 Å². The van der Waals surface area contributed by atoms with Crippen LogP contribution in [0.15, 0.2) is 24.3 Å². The first-order valence-corrected chi connectivity index (χ1v) is 11.2.